The SMILES string of the molecule is CC(=O)N1CCC[C@H]1[C@H]1CCCN1Cc1cnn(C)c1. The molecule has 0 radical (unpaired) electrons. The molecular formula is C15H24N4O. The highest BCUT2D eigenvalue weighted by Crippen LogP contribution is 2.30. The van der Waals surface area contributed by atoms with Crippen LogP contribution in [0.25, 0.3) is 0 Å². The molecule has 20 heavy (non-hydrogen) atoms. The van der Waals surface area contributed by atoms with Gasteiger partial charge in [0.05, 0.1) is 6.20 Å². The summed E-state index contributed by atoms with van der Waals surface area (Å²) in [5, 5.41) is 4.25. The molecule has 0 saturated carbocycles. The molecule has 110 valence electrons. The molecule has 0 N–H and O–H groups in total. The van der Waals surface area contributed by atoms with E-state index in [2.05, 4.69) is 21.1 Å². The highest BCUT2D eigenvalue weighted by Gasteiger charge is 2.38. The maximum atomic E-state index is 11.8. The van der Waals surface area contributed by atoms with Crippen LogP contribution >= 0.6 is 0 Å². The Hall–Kier alpha value is -1.36. The minimum absolute atomic E-state index is 0.237. The summed E-state index contributed by atoms with van der Waals surface area (Å²) in [6.45, 7) is 4.75. The molecule has 1 amide bonds. The lowest BCUT2D eigenvalue weighted by atomic mass is 10.0. The zero-order valence-electron chi connectivity index (χ0n) is 12.5. The number of hydrogen-bond donors (Lipinski definition) is 0. The van der Waals surface area contributed by atoms with Gasteiger partial charge in [0, 0.05) is 50.9 Å². The predicted octanol–water partition coefficient (Wildman–Crippen LogP) is 1.40. The van der Waals surface area contributed by atoms with Crippen LogP contribution in [0.2, 0.25) is 0 Å². The maximum Gasteiger partial charge on any atom is 0.219 e. The van der Waals surface area contributed by atoms with Crippen molar-refractivity contribution in [2.24, 2.45) is 7.05 Å². The molecule has 0 aliphatic carbocycles. The van der Waals surface area contributed by atoms with E-state index >= 15 is 0 Å². The molecule has 1 aromatic rings. The molecule has 2 aliphatic heterocycles. The third kappa shape index (κ3) is 2.59. The highest BCUT2D eigenvalue weighted by molar-refractivity contribution is 5.74. The van der Waals surface area contributed by atoms with E-state index in [4.69, 9.17) is 0 Å². The summed E-state index contributed by atoms with van der Waals surface area (Å²) in [5.74, 6) is 0.237. The minimum Gasteiger partial charge on any atom is -0.338 e. The van der Waals surface area contributed by atoms with Crippen molar-refractivity contribution < 1.29 is 4.79 Å². The second kappa shape index (κ2) is 5.56. The van der Waals surface area contributed by atoms with Gasteiger partial charge in [0.25, 0.3) is 0 Å². The summed E-state index contributed by atoms with van der Waals surface area (Å²) in [6.07, 6.45) is 8.82. The molecule has 3 rings (SSSR count). The standard InChI is InChI=1S/C15H24N4O/c1-12(20)19-8-4-6-15(19)14-5-3-7-18(14)11-13-9-16-17(2)10-13/h9-10,14-15H,3-8,11H2,1-2H3/t14-,15+/m1/s1. The molecule has 5 nitrogen and oxygen atoms in total. The molecular weight excluding hydrogens is 252 g/mol. The van der Waals surface area contributed by atoms with Crippen molar-refractivity contribution >= 4 is 5.91 Å². The van der Waals surface area contributed by atoms with Gasteiger partial charge in [-0.05, 0) is 32.2 Å². The van der Waals surface area contributed by atoms with E-state index in [1.807, 2.05) is 17.9 Å². The molecule has 0 aromatic carbocycles. The van der Waals surface area contributed by atoms with Gasteiger partial charge in [-0.15, -0.1) is 0 Å². The van der Waals surface area contributed by atoms with E-state index in [1.54, 1.807) is 6.92 Å². The largest absolute Gasteiger partial charge is 0.338 e. The van der Waals surface area contributed by atoms with E-state index in [1.165, 1.54) is 18.4 Å². The summed E-state index contributed by atoms with van der Waals surface area (Å²) in [6, 6.07) is 0.952. The van der Waals surface area contributed by atoms with Crippen LogP contribution in [0.1, 0.15) is 38.2 Å². The minimum atomic E-state index is 0.237. The lowest BCUT2D eigenvalue weighted by molar-refractivity contribution is -0.130. The Kier molecular flexibility index (Phi) is 3.78. The van der Waals surface area contributed by atoms with E-state index in [9.17, 15) is 4.79 Å². The van der Waals surface area contributed by atoms with Crippen molar-refractivity contribution in [3.8, 4) is 0 Å². The first kappa shape index (κ1) is 13.6. The lowest BCUT2D eigenvalue weighted by Gasteiger charge is -2.34. The normalized spacial score (nSPS) is 27.4. The molecule has 2 aliphatic rings. The van der Waals surface area contributed by atoms with Crippen molar-refractivity contribution in [1.29, 1.82) is 0 Å². The van der Waals surface area contributed by atoms with Crippen molar-refractivity contribution in [2.45, 2.75) is 51.2 Å². The Morgan fingerprint density at radius 2 is 2.05 bits per heavy atom. The van der Waals surface area contributed by atoms with Crippen LogP contribution in [-0.4, -0.2) is 50.7 Å². The summed E-state index contributed by atoms with van der Waals surface area (Å²) in [7, 11) is 1.96. The Balaban J connectivity index is 1.70. The first-order chi connectivity index (χ1) is 9.65. The molecule has 3 heterocycles. The summed E-state index contributed by atoms with van der Waals surface area (Å²) >= 11 is 0. The molecule has 0 unspecified atom stereocenters. The number of hydrogen-bond acceptors (Lipinski definition) is 3. The van der Waals surface area contributed by atoms with Gasteiger partial charge in [-0.1, -0.05) is 0 Å². The molecule has 0 bridgehead atoms. The fourth-order valence-corrected chi connectivity index (χ4v) is 3.86. The van der Waals surface area contributed by atoms with Crippen LogP contribution in [0, 0.1) is 0 Å². The van der Waals surface area contributed by atoms with Gasteiger partial charge in [-0.25, -0.2) is 0 Å². The third-order valence-electron chi connectivity index (χ3n) is 4.71. The fraction of sp³-hybridized carbons (Fsp3) is 0.733. The van der Waals surface area contributed by atoms with Crippen molar-refractivity contribution in [2.75, 3.05) is 13.1 Å². The molecule has 5 heteroatoms. The maximum absolute atomic E-state index is 11.8. The summed E-state index contributed by atoms with van der Waals surface area (Å²) in [5.41, 5.74) is 1.27. The van der Waals surface area contributed by atoms with Crippen LogP contribution in [0.3, 0.4) is 0 Å². The monoisotopic (exact) mass is 276 g/mol. The Bertz CT molecular complexity index is 484. The number of rotatable bonds is 3. The third-order valence-corrected chi connectivity index (χ3v) is 4.71. The molecule has 2 fully saturated rings. The number of nitrogens with zero attached hydrogens (tertiary/aromatic N) is 4. The van der Waals surface area contributed by atoms with E-state index < -0.39 is 0 Å². The van der Waals surface area contributed by atoms with E-state index in [0.717, 1.165) is 32.5 Å². The Labute approximate surface area is 120 Å². The van der Waals surface area contributed by atoms with E-state index in [0.29, 0.717) is 12.1 Å². The average Bonchev–Trinajstić information content (AvgIpc) is 3.09. The number of carbonyl (C=O) groups is 1. The highest BCUT2D eigenvalue weighted by atomic mass is 16.2. The lowest BCUT2D eigenvalue weighted by Crippen LogP contribution is -2.47. The van der Waals surface area contributed by atoms with Gasteiger partial charge in [0.2, 0.25) is 5.91 Å². The van der Waals surface area contributed by atoms with Gasteiger partial charge in [-0.3, -0.25) is 14.4 Å². The average molecular weight is 276 g/mol. The Morgan fingerprint density at radius 3 is 2.75 bits per heavy atom. The fourth-order valence-electron chi connectivity index (χ4n) is 3.86. The van der Waals surface area contributed by atoms with Crippen molar-refractivity contribution in [3.63, 3.8) is 0 Å². The number of carbonyl (C=O) groups excluding carboxylic acids is 1. The number of amides is 1. The predicted molar refractivity (Wildman–Crippen MR) is 77.0 cm³/mol. The Morgan fingerprint density at radius 1 is 1.30 bits per heavy atom. The molecule has 0 spiro atoms. The zero-order valence-corrected chi connectivity index (χ0v) is 12.5. The van der Waals surface area contributed by atoms with Crippen LogP contribution in [0.4, 0.5) is 0 Å². The molecule has 2 atom stereocenters. The zero-order chi connectivity index (χ0) is 14.1. The second-order valence-corrected chi connectivity index (χ2v) is 6.12. The van der Waals surface area contributed by atoms with Crippen LogP contribution < -0.4 is 0 Å². The van der Waals surface area contributed by atoms with Crippen LogP contribution in [0.5, 0.6) is 0 Å². The summed E-state index contributed by atoms with van der Waals surface area (Å²) in [4.78, 5) is 16.4. The van der Waals surface area contributed by atoms with Gasteiger partial charge < -0.3 is 4.90 Å². The smallest absolute Gasteiger partial charge is 0.219 e. The van der Waals surface area contributed by atoms with Gasteiger partial charge >= 0.3 is 0 Å². The van der Waals surface area contributed by atoms with E-state index in [-0.39, 0.29) is 5.91 Å². The first-order valence-electron chi connectivity index (χ1n) is 7.64. The number of likely N-dealkylation sites (tertiary alicyclic amines) is 2. The van der Waals surface area contributed by atoms with Crippen LogP contribution in [-0.2, 0) is 18.4 Å². The number of aryl methyl sites for hydroxylation is 1. The van der Waals surface area contributed by atoms with Crippen molar-refractivity contribution in [1.82, 2.24) is 19.6 Å². The van der Waals surface area contributed by atoms with Gasteiger partial charge in [0.15, 0.2) is 0 Å². The molecule has 1 aromatic heterocycles. The second-order valence-electron chi connectivity index (χ2n) is 6.12. The van der Waals surface area contributed by atoms with Gasteiger partial charge in [0.1, 0.15) is 0 Å². The summed E-state index contributed by atoms with van der Waals surface area (Å²) < 4.78 is 1.86. The first-order valence-corrected chi connectivity index (χ1v) is 7.64. The quantitative estimate of drug-likeness (QED) is 0.838. The van der Waals surface area contributed by atoms with Crippen molar-refractivity contribution in [3.05, 3.63) is 18.0 Å². The number of aromatic nitrogens is 2. The van der Waals surface area contributed by atoms with Crippen LogP contribution in [0.15, 0.2) is 12.4 Å². The topological polar surface area (TPSA) is 41.4 Å². The van der Waals surface area contributed by atoms with Gasteiger partial charge in [-0.2, -0.15) is 5.10 Å². The molecule has 2 saturated heterocycles.